The number of carbonyl (C=O) groups is 1. The van der Waals surface area contributed by atoms with E-state index in [1.54, 1.807) is 6.07 Å². The SMILES string of the molecule is Nc1ccc(NC(=O)c2c[nH]c(=O)cc2O)c(Cl)c1. The molecule has 19 heavy (non-hydrogen) atoms. The largest absolute Gasteiger partial charge is 0.507 e. The van der Waals surface area contributed by atoms with Crippen LogP contribution in [-0.2, 0) is 0 Å². The molecule has 98 valence electrons. The Hall–Kier alpha value is -2.47. The molecular formula is C12H10ClN3O3. The highest BCUT2D eigenvalue weighted by Gasteiger charge is 2.13. The van der Waals surface area contributed by atoms with Crippen molar-refractivity contribution in [2.24, 2.45) is 0 Å². The number of benzene rings is 1. The van der Waals surface area contributed by atoms with E-state index in [1.807, 2.05) is 0 Å². The van der Waals surface area contributed by atoms with Crippen LogP contribution in [0.15, 0.2) is 35.3 Å². The number of aromatic hydroxyl groups is 1. The first-order chi connectivity index (χ1) is 8.97. The van der Waals surface area contributed by atoms with Crippen LogP contribution in [0.25, 0.3) is 0 Å². The van der Waals surface area contributed by atoms with E-state index >= 15 is 0 Å². The average molecular weight is 280 g/mol. The van der Waals surface area contributed by atoms with E-state index in [2.05, 4.69) is 10.3 Å². The number of halogens is 1. The summed E-state index contributed by atoms with van der Waals surface area (Å²) in [5, 5.41) is 12.3. The molecule has 0 aliphatic carbocycles. The smallest absolute Gasteiger partial charge is 0.260 e. The van der Waals surface area contributed by atoms with Gasteiger partial charge >= 0.3 is 0 Å². The number of amides is 1. The minimum atomic E-state index is -0.597. The Morgan fingerprint density at radius 2 is 2.11 bits per heavy atom. The van der Waals surface area contributed by atoms with Crippen LogP contribution in [0.5, 0.6) is 5.75 Å². The number of hydrogen-bond donors (Lipinski definition) is 4. The monoisotopic (exact) mass is 279 g/mol. The van der Waals surface area contributed by atoms with E-state index in [0.29, 0.717) is 11.4 Å². The third-order valence-corrected chi connectivity index (χ3v) is 2.70. The zero-order chi connectivity index (χ0) is 14.0. The summed E-state index contributed by atoms with van der Waals surface area (Å²) in [7, 11) is 0. The van der Waals surface area contributed by atoms with Crippen molar-refractivity contribution in [1.29, 1.82) is 0 Å². The normalized spacial score (nSPS) is 10.2. The molecule has 0 unspecified atom stereocenters. The van der Waals surface area contributed by atoms with E-state index in [9.17, 15) is 14.7 Å². The summed E-state index contributed by atoms with van der Waals surface area (Å²) in [6, 6.07) is 5.52. The zero-order valence-corrected chi connectivity index (χ0v) is 10.4. The highest BCUT2D eigenvalue weighted by atomic mass is 35.5. The molecule has 1 heterocycles. The molecule has 0 fully saturated rings. The number of aromatic nitrogens is 1. The van der Waals surface area contributed by atoms with Gasteiger partial charge in [-0.25, -0.2) is 0 Å². The second kappa shape index (κ2) is 5.03. The molecule has 5 N–H and O–H groups in total. The van der Waals surface area contributed by atoms with Gasteiger partial charge in [-0.15, -0.1) is 0 Å². The first kappa shape index (κ1) is 13.0. The fraction of sp³-hybridized carbons (Fsp3) is 0. The molecule has 0 saturated heterocycles. The van der Waals surface area contributed by atoms with Crippen molar-refractivity contribution in [3.05, 3.63) is 51.4 Å². The summed E-state index contributed by atoms with van der Waals surface area (Å²) < 4.78 is 0. The molecule has 0 saturated carbocycles. The predicted octanol–water partition coefficient (Wildman–Crippen LogP) is 1.57. The number of anilines is 2. The first-order valence-corrected chi connectivity index (χ1v) is 5.63. The van der Waals surface area contributed by atoms with Crippen molar-refractivity contribution < 1.29 is 9.90 Å². The molecule has 1 aromatic carbocycles. The number of nitrogen functional groups attached to an aromatic ring is 1. The number of pyridine rings is 1. The Balaban J connectivity index is 2.28. The number of rotatable bonds is 2. The minimum absolute atomic E-state index is 0.0625. The maximum absolute atomic E-state index is 11.9. The van der Waals surface area contributed by atoms with Gasteiger partial charge in [0.05, 0.1) is 16.3 Å². The molecule has 7 heteroatoms. The quantitative estimate of drug-likeness (QED) is 0.626. The molecule has 0 atom stereocenters. The van der Waals surface area contributed by atoms with Crippen LogP contribution in [0.2, 0.25) is 5.02 Å². The Labute approximate surface area is 112 Å². The highest BCUT2D eigenvalue weighted by molar-refractivity contribution is 6.34. The van der Waals surface area contributed by atoms with Crippen LogP contribution in [0.4, 0.5) is 11.4 Å². The molecule has 0 radical (unpaired) electrons. The maximum Gasteiger partial charge on any atom is 0.260 e. The van der Waals surface area contributed by atoms with Crippen LogP contribution in [0.3, 0.4) is 0 Å². The van der Waals surface area contributed by atoms with Gasteiger partial charge < -0.3 is 21.1 Å². The second-order valence-corrected chi connectivity index (χ2v) is 4.20. The van der Waals surface area contributed by atoms with Gasteiger partial charge in [0.25, 0.3) is 11.5 Å². The number of carbonyl (C=O) groups excluding carboxylic acids is 1. The summed E-state index contributed by atoms with van der Waals surface area (Å²) in [6.45, 7) is 0. The van der Waals surface area contributed by atoms with E-state index in [4.69, 9.17) is 17.3 Å². The molecule has 1 aromatic heterocycles. The lowest BCUT2D eigenvalue weighted by Crippen LogP contribution is -2.15. The van der Waals surface area contributed by atoms with Gasteiger partial charge in [0.15, 0.2) is 0 Å². The van der Waals surface area contributed by atoms with Gasteiger partial charge in [-0.2, -0.15) is 0 Å². The molecule has 6 nitrogen and oxygen atoms in total. The van der Waals surface area contributed by atoms with Crippen molar-refractivity contribution in [2.45, 2.75) is 0 Å². The number of hydrogen-bond acceptors (Lipinski definition) is 4. The Kier molecular flexibility index (Phi) is 3.43. The molecular weight excluding hydrogens is 270 g/mol. The van der Waals surface area contributed by atoms with Crippen molar-refractivity contribution in [1.82, 2.24) is 4.98 Å². The molecule has 0 bridgehead atoms. The third kappa shape index (κ3) is 2.86. The van der Waals surface area contributed by atoms with E-state index in [1.165, 1.54) is 12.1 Å². The topological polar surface area (TPSA) is 108 Å². The lowest BCUT2D eigenvalue weighted by Gasteiger charge is -2.08. The predicted molar refractivity (Wildman–Crippen MR) is 72.5 cm³/mol. The van der Waals surface area contributed by atoms with Crippen LogP contribution < -0.4 is 16.6 Å². The van der Waals surface area contributed by atoms with Crippen molar-refractivity contribution in [3.63, 3.8) is 0 Å². The van der Waals surface area contributed by atoms with Gasteiger partial charge in [0, 0.05) is 18.0 Å². The first-order valence-electron chi connectivity index (χ1n) is 5.25. The highest BCUT2D eigenvalue weighted by Crippen LogP contribution is 2.25. The fourth-order valence-electron chi connectivity index (χ4n) is 1.47. The number of nitrogens with one attached hydrogen (secondary N) is 2. The Morgan fingerprint density at radius 3 is 2.74 bits per heavy atom. The summed E-state index contributed by atoms with van der Waals surface area (Å²) in [6.07, 6.45) is 1.12. The van der Waals surface area contributed by atoms with E-state index in [0.717, 1.165) is 12.3 Å². The molecule has 0 aliphatic rings. The second-order valence-electron chi connectivity index (χ2n) is 3.79. The Bertz CT molecular complexity index is 697. The van der Waals surface area contributed by atoms with Crippen LogP contribution in [0, 0.1) is 0 Å². The van der Waals surface area contributed by atoms with Gasteiger partial charge in [-0.1, -0.05) is 11.6 Å². The molecule has 1 amide bonds. The minimum Gasteiger partial charge on any atom is -0.507 e. The molecule has 2 aromatic rings. The molecule has 2 rings (SSSR count). The number of nitrogens with two attached hydrogens (primary N) is 1. The fourth-order valence-corrected chi connectivity index (χ4v) is 1.70. The summed E-state index contributed by atoms with van der Waals surface area (Å²) in [5.41, 5.74) is 5.79. The van der Waals surface area contributed by atoms with Crippen LogP contribution >= 0.6 is 11.6 Å². The average Bonchev–Trinajstić information content (AvgIpc) is 2.32. The standard InChI is InChI=1S/C12H10ClN3O3/c13-8-3-6(14)1-2-9(8)16-12(19)7-5-15-11(18)4-10(7)17/h1-5H,14H2,(H,16,19)(H2,15,17,18). The van der Waals surface area contributed by atoms with E-state index in [-0.39, 0.29) is 10.6 Å². The molecule has 0 spiro atoms. The van der Waals surface area contributed by atoms with Crippen LogP contribution in [0.1, 0.15) is 10.4 Å². The lowest BCUT2D eigenvalue weighted by atomic mass is 10.2. The van der Waals surface area contributed by atoms with Crippen molar-refractivity contribution in [2.75, 3.05) is 11.1 Å². The van der Waals surface area contributed by atoms with Crippen molar-refractivity contribution in [3.8, 4) is 5.75 Å². The van der Waals surface area contributed by atoms with Gasteiger partial charge in [0.2, 0.25) is 0 Å². The number of aromatic amines is 1. The van der Waals surface area contributed by atoms with Gasteiger partial charge in [-0.05, 0) is 18.2 Å². The van der Waals surface area contributed by atoms with Crippen LogP contribution in [-0.4, -0.2) is 16.0 Å². The number of H-pyrrole nitrogens is 1. The third-order valence-electron chi connectivity index (χ3n) is 2.39. The Morgan fingerprint density at radius 1 is 1.37 bits per heavy atom. The van der Waals surface area contributed by atoms with Gasteiger partial charge in [0.1, 0.15) is 5.75 Å². The van der Waals surface area contributed by atoms with Gasteiger partial charge in [-0.3, -0.25) is 9.59 Å². The van der Waals surface area contributed by atoms with E-state index < -0.39 is 17.2 Å². The lowest BCUT2D eigenvalue weighted by molar-refractivity contribution is 0.102. The summed E-state index contributed by atoms with van der Waals surface area (Å²) in [5.74, 6) is -1.01. The summed E-state index contributed by atoms with van der Waals surface area (Å²) >= 11 is 5.91. The molecule has 0 aliphatic heterocycles. The summed E-state index contributed by atoms with van der Waals surface area (Å²) in [4.78, 5) is 25.1. The maximum atomic E-state index is 11.9. The zero-order valence-electron chi connectivity index (χ0n) is 9.61. The van der Waals surface area contributed by atoms with Crippen molar-refractivity contribution >= 4 is 28.9 Å².